The highest BCUT2D eigenvalue weighted by Crippen LogP contribution is 2.19. The number of carbonyl (C=O) groups excluding carboxylic acids is 1. The Kier molecular flexibility index (Phi) is 5.14. The third-order valence-corrected chi connectivity index (χ3v) is 2.12. The highest BCUT2D eigenvalue weighted by molar-refractivity contribution is 6.30. The van der Waals surface area contributed by atoms with Crippen LogP contribution in [0.15, 0.2) is 18.2 Å². The third kappa shape index (κ3) is 4.56. The number of carbonyl (C=O) groups is 1. The van der Waals surface area contributed by atoms with Crippen molar-refractivity contribution in [1.29, 1.82) is 0 Å². The van der Waals surface area contributed by atoms with Crippen molar-refractivity contribution in [2.75, 3.05) is 18.5 Å². The fraction of sp³-hybridized carbons (Fsp3) is 0.300. The molecule has 5 nitrogen and oxygen atoms in total. The predicted octanol–water partition coefficient (Wildman–Crippen LogP) is 0.954. The summed E-state index contributed by atoms with van der Waals surface area (Å²) >= 11 is 5.64. The van der Waals surface area contributed by atoms with Crippen LogP contribution in [-0.2, 0) is 0 Å². The highest BCUT2D eigenvalue weighted by Gasteiger charge is 2.09. The lowest BCUT2D eigenvalue weighted by Gasteiger charge is -2.10. The molecule has 2 amide bonds. The number of nitrogens with one attached hydrogen (secondary N) is 2. The first kappa shape index (κ1) is 13.7. The van der Waals surface area contributed by atoms with Crippen molar-refractivity contribution in [3.05, 3.63) is 29.0 Å². The molecule has 0 aromatic heterocycles. The maximum atomic E-state index is 13.2. The van der Waals surface area contributed by atoms with E-state index < -0.39 is 24.6 Å². The number of urea groups is 1. The van der Waals surface area contributed by atoms with E-state index in [1.807, 2.05) is 0 Å². The van der Waals surface area contributed by atoms with E-state index in [9.17, 15) is 9.18 Å². The van der Waals surface area contributed by atoms with Gasteiger partial charge in [0, 0.05) is 11.6 Å². The molecule has 17 heavy (non-hydrogen) atoms. The average Bonchev–Trinajstić information content (AvgIpc) is 2.30. The van der Waals surface area contributed by atoms with Crippen molar-refractivity contribution in [3.8, 4) is 0 Å². The fourth-order valence-corrected chi connectivity index (χ4v) is 1.21. The van der Waals surface area contributed by atoms with Crippen LogP contribution < -0.4 is 10.6 Å². The summed E-state index contributed by atoms with van der Waals surface area (Å²) in [7, 11) is 0. The molecule has 0 spiro atoms. The smallest absolute Gasteiger partial charge is 0.319 e. The van der Waals surface area contributed by atoms with Crippen molar-refractivity contribution < 1.29 is 19.4 Å². The normalized spacial score (nSPS) is 12.0. The topological polar surface area (TPSA) is 81.6 Å². The lowest BCUT2D eigenvalue weighted by Crippen LogP contribution is -2.36. The number of aliphatic hydroxyl groups is 2. The SMILES string of the molecule is O=C(NCC(O)CO)Nc1cc(Cl)ccc1F. The average molecular weight is 263 g/mol. The van der Waals surface area contributed by atoms with Gasteiger partial charge in [-0.05, 0) is 18.2 Å². The van der Waals surface area contributed by atoms with E-state index in [4.69, 9.17) is 21.8 Å². The van der Waals surface area contributed by atoms with Gasteiger partial charge >= 0.3 is 6.03 Å². The Morgan fingerprint density at radius 2 is 2.24 bits per heavy atom. The largest absolute Gasteiger partial charge is 0.394 e. The molecule has 1 aromatic carbocycles. The Hall–Kier alpha value is -1.37. The van der Waals surface area contributed by atoms with Crippen LogP contribution in [0, 0.1) is 5.82 Å². The zero-order valence-corrected chi connectivity index (χ0v) is 9.54. The fourth-order valence-electron chi connectivity index (χ4n) is 1.03. The van der Waals surface area contributed by atoms with Gasteiger partial charge in [-0.1, -0.05) is 11.6 Å². The van der Waals surface area contributed by atoms with E-state index in [0.717, 1.165) is 6.07 Å². The second-order valence-electron chi connectivity index (χ2n) is 3.30. The number of rotatable bonds is 4. The number of anilines is 1. The monoisotopic (exact) mass is 262 g/mol. The number of hydrogen-bond donors (Lipinski definition) is 4. The Labute approximate surface area is 102 Å². The van der Waals surface area contributed by atoms with Crippen molar-refractivity contribution in [3.63, 3.8) is 0 Å². The van der Waals surface area contributed by atoms with Gasteiger partial charge in [-0.2, -0.15) is 0 Å². The first-order chi connectivity index (χ1) is 8.02. The van der Waals surface area contributed by atoms with Crippen molar-refractivity contribution in [1.82, 2.24) is 5.32 Å². The minimum Gasteiger partial charge on any atom is -0.394 e. The maximum absolute atomic E-state index is 13.2. The molecule has 0 aliphatic rings. The number of halogens is 2. The first-order valence-corrected chi connectivity index (χ1v) is 5.19. The molecule has 94 valence electrons. The number of amides is 2. The molecule has 0 radical (unpaired) electrons. The van der Waals surface area contributed by atoms with Gasteiger partial charge in [0.1, 0.15) is 5.82 Å². The molecule has 1 unspecified atom stereocenters. The van der Waals surface area contributed by atoms with Crippen LogP contribution in [-0.4, -0.2) is 35.5 Å². The summed E-state index contributed by atoms with van der Waals surface area (Å²) in [4.78, 5) is 11.3. The molecule has 0 saturated carbocycles. The molecular weight excluding hydrogens is 251 g/mol. The van der Waals surface area contributed by atoms with Crippen LogP contribution in [0.1, 0.15) is 0 Å². The van der Waals surface area contributed by atoms with E-state index >= 15 is 0 Å². The Morgan fingerprint density at radius 3 is 2.88 bits per heavy atom. The molecular formula is C10H12ClFN2O3. The van der Waals surface area contributed by atoms with Gasteiger partial charge in [-0.25, -0.2) is 9.18 Å². The summed E-state index contributed by atoms with van der Waals surface area (Å²) in [6, 6.07) is 3.05. The minimum atomic E-state index is -1.05. The zero-order valence-electron chi connectivity index (χ0n) is 8.78. The van der Waals surface area contributed by atoms with E-state index in [1.165, 1.54) is 12.1 Å². The van der Waals surface area contributed by atoms with Crippen LogP contribution in [0.25, 0.3) is 0 Å². The quantitative estimate of drug-likeness (QED) is 0.652. The van der Waals surface area contributed by atoms with Gasteiger partial charge in [-0.15, -0.1) is 0 Å². The second kappa shape index (κ2) is 6.39. The molecule has 4 N–H and O–H groups in total. The van der Waals surface area contributed by atoms with Gasteiger partial charge in [-0.3, -0.25) is 0 Å². The summed E-state index contributed by atoms with van der Waals surface area (Å²) in [5.41, 5.74) is -0.0616. The van der Waals surface area contributed by atoms with Crippen LogP contribution in [0.3, 0.4) is 0 Å². The lowest BCUT2D eigenvalue weighted by atomic mass is 10.3. The summed E-state index contributed by atoms with van der Waals surface area (Å²) in [5, 5.41) is 22.3. The van der Waals surface area contributed by atoms with E-state index in [0.29, 0.717) is 0 Å². The number of benzene rings is 1. The summed E-state index contributed by atoms with van der Waals surface area (Å²) in [6.07, 6.45) is -1.05. The van der Waals surface area contributed by atoms with Gasteiger partial charge < -0.3 is 20.8 Å². The zero-order chi connectivity index (χ0) is 12.8. The Bertz CT molecular complexity index is 403. The van der Waals surface area contributed by atoms with E-state index in [2.05, 4.69) is 10.6 Å². The first-order valence-electron chi connectivity index (χ1n) is 4.81. The van der Waals surface area contributed by atoms with Crippen molar-refractivity contribution in [2.24, 2.45) is 0 Å². The summed E-state index contributed by atoms with van der Waals surface area (Å²) < 4.78 is 13.2. The van der Waals surface area contributed by atoms with Crippen molar-refractivity contribution >= 4 is 23.3 Å². The molecule has 0 heterocycles. The molecule has 0 bridgehead atoms. The van der Waals surface area contributed by atoms with Crippen LogP contribution >= 0.6 is 11.6 Å². The van der Waals surface area contributed by atoms with Gasteiger partial charge in [0.2, 0.25) is 0 Å². The van der Waals surface area contributed by atoms with Crippen LogP contribution in [0.5, 0.6) is 0 Å². The highest BCUT2D eigenvalue weighted by atomic mass is 35.5. The molecule has 1 aromatic rings. The molecule has 0 aliphatic carbocycles. The van der Waals surface area contributed by atoms with Crippen molar-refractivity contribution in [2.45, 2.75) is 6.10 Å². The van der Waals surface area contributed by atoms with Crippen LogP contribution in [0.2, 0.25) is 5.02 Å². The Morgan fingerprint density at radius 1 is 1.53 bits per heavy atom. The molecule has 0 fully saturated rings. The maximum Gasteiger partial charge on any atom is 0.319 e. The molecule has 0 aliphatic heterocycles. The number of aliphatic hydroxyl groups excluding tert-OH is 2. The minimum absolute atomic E-state index is 0.0616. The third-order valence-electron chi connectivity index (χ3n) is 1.89. The summed E-state index contributed by atoms with van der Waals surface area (Å²) in [5.74, 6) is -0.618. The second-order valence-corrected chi connectivity index (χ2v) is 3.73. The molecule has 1 rings (SSSR count). The molecule has 1 atom stereocenters. The van der Waals surface area contributed by atoms with Gasteiger partial charge in [0.05, 0.1) is 18.4 Å². The van der Waals surface area contributed by atoms with E-state index in [-0.39, 0.29) is 17.3 Å². The van der Waals surface area contributed by atoms with Crippen LogP contribution in [0.4, 0.5) is 14.9 Å². The standard InChI is InChI=1S/C10H12ClFN2O3/c11-6-1-2-8(12)9(3-6)14-10(17)13-4-7(16)5-15/h1-3,7,15-16H,4-5H2,(H2,13,14,17). The lowest BCUT2D eigenvalue weighted by molar-refractivity contribution is 0.0965. The predicted molar refractivity (Wildman–Crippen MR) is 61.5 cm³/mol. The summed E-state index contributed by atoms with van der Waals surface area (Å²) in [6.45, 7) is -0.601. The molecule has 0 saturated heterocycles. The molecule has 7 heteroatoms. The van der Waals surface area contributed by atoms with E-state index in [1.54, 1.807) is 0 Å². The number of hydrogen-bond acceptors (Lipinski definition) is 3. The van der Waals surface area contributed by atoms with Gasteiger partial charge in [0.15, 0.2) is 0 Å². The Balaban J connectivity index is 2.53. The van der Waals surface area contributed by atoms with Gasteiger partial charge in [0.25, 0.3) is 0 Å².